The molecule has 1 aromatic carbocycles. The van der Waals surface area contributed by atoms with Crippen molar-refractivity contribution in [3.05, 3.63) is 54.7 Å². The lowest BCUT2D eigenvalue weighted by molar-refractivity contribution is 0.533. The normalized spacial score (nSPS) is 22.6. The molecular weight excluding hydrogens is 317 g/mol. The average Bonchev–Trinajstić information content (AvgIpc) is 3.21. The molecule has 2 aromatic heterocycles. The van der Waals surface area contributed by atoms with Gasteiger partial charge in [0.05, 0.1) is 5.52 Å². The highest BCUT2D eigenvalue weighted by atomic mass is 19.1. The van der Waals surface area contributed by atoms with Crippen molar-refractivity contribution < 1.29 is 4.39 Å². The van der Waals surface area contributed by atoms with Gasteiger partial charge >= 0.3 is 0 Å². The fraction of sp³-hybridized carbons (Fsp3) is 0.316. The van der Waals surface area contributed by atoms with Crippen LogP contribution >= 0.6 is 0 Å². The maximum absolute atomic E-state index is 13.5. The maximum atomic E-state index is 13.5. The number of hydrogen-bond donors (Lipinski definition) is 0. The number of halogens is 1. The van der Waals surface area contributed by atoms with Gasteiger partial charge in [-0.05, 0) is 24.3 Å². The predicted octanol–water partition coefficient (Wildman–Crippen LogP) is 2.74. The second-order valence-electron chi connectivity index (χ2n) is 6.88. The van der Waals surface area contributed by atoms with Crippen molar-refractivity contribution in [2.75, 3.05) is 36.0 Å². The first-order chi connectivity index (χ1) is 12.3. The molecule has 3 aromatic rings. The van der Waals surface area contributed by atoms with Crippen LogP contribution in [0.2, 0.25) is 0 Å². The molecule has 2 saturated heterocycles. The summed E-state index contributed by atoms with van der Waals surface area (Å²) in [5, 5.41) is 0.922. The number of rotatable bonds is 2. The van der Waals surface area contributed by atoms with E-state index in [0.717, 1.165) is 43.2 Å². The van der Waals surface area contributed by atoms with E-state index in [0.29, 0.717) is 17.4 Å². The number of hydrogen-bond acceptors (Lipinski definition) is 5. The Hall–Kier alpha value is -2.76. The highest BCUT2D eigenvalue weighted by Gasteiger charge is 2.41. The van der Waals surface area contributed by atoms with Gasteiger partial charge in [-0.2, -0.15) is 0 Å². The van der Waals surface area contributed by atoms with Crippen molar-refractivity contribution in [1.29, 1.82) is 0 Å². The number of nitrogens with zero attached hydrogens (tertiary/aromatic N) is 5. The van der Waals surface area contributed by atoms with Crippen molar-refractivity contribution in [2.24, 2.45) is 11.8 Å². The van der Waals surface area contributed by atoms with E-state index in [1.54, 1.807) is 6.07 Å². The molecule has 0 aliphatic carbocycles. The third kappa shape index (κ3) is 2.49. The van der Waals surface area contributed by atoms with Gasteiger partial charge in [0, 0.05) is 55.7 Å². The number of fused-ring (bicyclic) bond motifs is 2. The molecule has 2 atom stereocenters. The molecule has 0 N–H and O–H groups in total. The molecule has 4 heterocycles. The zero-order valence-electron chi connectivity index (χ0n) is 13.7. The summed E-state index contributed by atoms with van der Waals surface area (Å²) in [5.74, 6) is 2.93. The van der Waals surface area contributed by atoms with E-state index in [4.69, 9.17) is 0 Å². The topological polar surface area (TPSA) is 45.2 Å². The van der Waals surface area contributed by atoms with E-state index in [1.165, 1.54) is 18.5 Å². The molecule has 0 bridgehead atoms. The van der Waals surface area contributed by atoms with Crippen LogP contribution in [0.25, 0.3) is 10.9 Å². The standard InChI is InChI=1S/C19H18FN5/c20-15-4-5-16-17(7-15)22-12-23-19(16)25-10-13-8-24(9-14(13)11-25)18-3-1-2-6-21-18/h1-7,12-14H,8-11H2. The molecule has 0 spiro atoms. The molecule has 0 saturated carbocycles. The summed E-state index contributed by atoms with van der Waals surface area (Å²) in [6.45, 7) is 3.99. The highest BCUT2D eigenvalue weighted by Crippen LogP contribution is 2.36. The van der Waals surface area contributed by atoms with Crippen LogP contribution in [0.5, 0.6) is 0 Å². The molecule has 5 rings (SSSR count). The zero-order chi connectivity index (χ0) is 16.8. The molecular formula is C19H18FN5. The van der Waals surface area contributed by atoms with Crippen LogP contribution in [-0.2, 0) is 0 Å². The number of pyridine rings is 1. The van der Waals surface area contributed by atoms with E-state index in [2.05, 4.69) is 30.8 Å². The van der Waals surface area contributed by atoms with Crippen LogP contribution in [-0.4, -0.2) is 41.1 Å². The van der Waals surface area contributed by atoms with Crippen LogP contribution in [0.1, 0.15) is 0 Å². The zero-order valence-corrected chi connectivity index (χ0v) is 13.7. The van der Waals surface area contributed by atoms with Crippen molar-refractivity contribution in [1.82, 2.24) is 15.0 Å². The Balaban J connectivity index is 1.38. The fourth-order valence-electron chi connectivity index (χ4n) is 4.16. The Bertz CT molecular complexity index is 902. The average molecular weight is 335 g/mol. The maximum Gasteiger partial charge on any atom is 0.139 e. The van der Waals surface area contributed by atoms with E-state index >= 15 is 0 Å². The van der Waals surface area contributed by atoms with Gasteiger partial charge in [-0.25, -0.2) is 19.3 Å². The molecule has 0 radical (unpaired) electrons. The van der Waals surface area contributed by atoms with Crippen LogP contribution in [0.4, 0.5) is 16.0 Å². The number of anilines is 2. The van der Waals surface area contributed by atoms with Gasteiger partial charge in [-0.3, -0.25) is 0 Å². The van der Waals surface area contributed by atoms with E-state index in [1.807, 2.05) is 18.3 Å². The van der Waals surface area contributed by atoms with E-state index in [-0.39, 0.29) is 5.82 Å². The van der Waals surface area contributed by atoms with Crippen molar-refractivity contribution in [2.45, 2.75) is 0 Å². The van der Waals surface area contributed by atoms with Gasteiger partial charge < -0.3 is 9.80 Å². The summed E-state index contributed by atoms with van der Waals surface area (Å²) in [5.41, 5.74) is 0.664. The van der Waals surface area contributed by atoms with Gasteiger partial charge in [-0.1, -0.05) is 6.07 Å². The monoisotopic (exact) mass is 335 g/mol. The van der Waals surface area contributed by atoms with Crippen LogP contribution < -0.4 is 9.80 Å². The van der Waals surface area contributed by atoms with Crippen molar-refractivity contribution in [3.8, 4) is 0 Å². The fourth-order valence-corrected chi connectivity index (χ4v) is 4.16. The second-order valence-corrected chi connectivity index (χ2v) is 6.88. The highest BCUT2D eigenvalue weighted by molar-refractivity contribution is 5.89. The lowest BCUT2D eigenvalue weighted by atomic mass is 10.0. The summed E-state index contributed by atoms with van der Waals surface area (Å²) >= 11 is 0. The quantitative estimate of drug-likeness (QED) is 0.720. The summed E-state index contributed by atoms with van der Waals surface area (Å²) in [7, 11) is 0. The Morgan fingerprint density at radius 1 is 0.880 bits per heavy atom. The molecule has 126 valence electrons. The lowest BCUT2D eigenvalue weighted by Crippen LogP contribution is -2.29. The molecule has 25 heavy (non-hydrogen) atoms. The third-order valence-electron chi connectivity index (χ3n) is 5.34. The number of aromatic nitrogens is 3. The van der Waals surface area contributed by atoms with Crippen molar-refractivity contribution >= 4 is 22.5 Å². The van der Waals surface area contributed by atoms with Gasteiger partial charge in [0.25, 0.3) is 0 Å². The van der Waals surface area contributed by atoms with Gasteiger partial charge in [0.15, 0.2) is 0 Å². The molecule has 0 amide bonds. The molecule has 2 unspecified atom stereocenters. The Labute approximate surface area is 145 Å². The van der Waals surface area contributed by atoms with Gasteiger partial charge in [0.2, 0.25) is 0 Å². The minimum absolute atomic E-state index is 0.263. The van der Waals surface area contributed by atoms with E-state index < -0.39 is 0 Å². The SMILES string of the molecule is Fc1ccc2c(N3CC4CN(c5ccccn5)CC4C3)ncnc2c1. The third-order valence-corrected chi connectivity index (χ3v) is 5.34. The van der Waals surface area contributed by atoms with Crippen LogP contribution in [0.15, 0.2) is 48.9 Å². The second kappa shape index (κ2) is 5.65. The summed E-state index contributed by atoms with van der Waals surface area (Å²) in [6.07, 6.45) is 3.38. The molecule has 2 aliphatic rings. The first-order valence-corrected chi connectivity index (χ1v) is 8.59. The van der Waals surface area contributed by atoms with Gasteiger partial charge in [-0.15, -0.1) is 0 Å². The first kappa shape index (κ1) is 14.6. The number of benzene rings is 1. The first-order valence-electron chi connectivity index (χ1n) is 8.59. The van der Waals surface area contributed by atoms with Gasteiger partial charge in [0.1, 0.15) is 23.8 Å². The smallest absolute Gasteiger partial charge is 0.139 e. The Kier molecular flexibility index (Phi) is 3.29. The summed E-state index contributed by atoms with van der Waals surface area (Å²) < 4.78 is 13.5. The van der Waals surface area contributed by atoms with E-state index in [9.17, 15) is 4.39 Å². The Morgan fingerprint density at radius 3 is 2.44 bits per heavy atom. The van der Waals surface area contributed by atoms with Crippen molar-refractivity contribution in [3.63, 3.8) is 0 Å². The largest absolute Gasteiger partial charge is 0.356 e. The minimum atomic E-state index is -0.263. The lowest BCUT2D eigenvalue weighted by Gasteiger charge is -2.23. The van der Waals surface area contributed by atoms with Crippen LogP contribution in [0, 0.1) is 17.7 Å². The molecule has 2 fully saturated rings. The molecule has 2 aliphatic heterocycles. The molecule has 5 nitrogen and oxygen atoms in total. The minimum Gasteiger partial charge on any atom is -0.356 e. The Morgan fingerprint density at radius 2 is 1.68 bits per heavy atom. The van der Waals surface area contributed by atoms with Crippen LogP contribution in [0.3, 0.4) is 0 Å². The predicted molar refractivity (Wildman–Crippen MR) is 95.1 cm³/mol. The molecule has 6 heteroatoms. The summed E-state index contributed by atoms with van der Waals surface area (Å²) in [6, 6.07) is 10.8. The summed E-state index contributed by atoms with van der Waals surface area (Å²) in [4.78, 5) is 17.9.